The van der Waals surface area contributed by atoms with Crippen LogP contribution in [0.5, 0.6) is 0 Å². The average Bonchev–Trinajstić information content (AvgIpc) is 2.37. The third-order valence-corrected chi connectivity index (χ3v) is 4.39. The molecule has 0 aliphatic carbocycles. The normalized spacial score (nSPS) is 10.3. The minimum atomic E-state index is -0.482. The highest BCUT2D eigenvalue weighted by Crippen LogP contribution is 2.26. The summed E-state index contributed by atoms with van der Waals surface area (Å²) in [5.41, 5.74) is 0.795. The summed E-state index contributed by atoms with van der Waals surface area (Å²) in [5, 5.41) is 3.22. The minimum absolute atomic E-state index is 0.139. The van der Waals surface area contributed by atoms with Gasteiger partial charge in [0.15, 0.2) is 0 Å². The van der Waals surface area contributed by atoms with E-state index in [1.807, 2.05) is 0 Å². The molecule has 0 aliphatic heterocycles. The zero-order valence-electron chi connectivity index (χ0n) is 9.38. The molecular weight excluding hydrogens is 400 g/mol. The lowest BCUT2D eigenvalue weighted by Gasteiger charge is -2.08. The number of hydrogen-bond acceptors (Lipinski definition) is 1. The van der Waals surface area contributed by atoms with Gasteiger partial charge in [-0.3, -0.25) is 4.79 Å². The maximum atomic E-state index is 13.3. The summed E-state index contributed by atoms with van der Waals surface area (Å²) in [7, 11) is 0. The number of rotatable bonds is 2. The van der Waals surface area contributed by atoms with E-state index in [0.29, 0.717) is 15.2 Å². The number of hydrogen-bond donors (Lipinski definition) is 1. The van der Waals surface area contributed by atoms with E-state index in [2.05, 4.69) is 37.2 Å². The highest BCUT2D eigenvalue weighted by Gasteiger charge is 2.13. The van der Waals surface area contributed by atoms with E-state index in [0.717, 1.165) is 0 Å². The van der Waals surface area contributed by atoms with Crippen LogP contribution in [0.2, 0.25) is 5.02 Å². The van der Waals surface area contributed by atoms with E-state index in [1.165, 1.54) is 18.2 Å². The van der Waals surface area contributed by atoms with E-state index in [1.54, 1.807) is 18.2 Å². The van der Waals surface area contributed by atoms with E-state index in [-0.39, 0.29) is 10.0 Å². The molecule has 2 rings (SSSR count). The van der Waals surface area contributed by atoms with Gasteiger partial charge < -0.3 is 5.32 Å². The quantitative estimate of drug-likeness (QED) is 0.723. The van der Waals surface area contributed by atoms with Crippen LogP contribution in [-0.4, -0.2) is 5.91 Å². The number of anilines is 1. The third kappa shape index (κ3) is 3.35. The molecule has 1 N–H and O–H groups in total. The Labute approximate surface area is 131 Å². The van der Waals surface area contributed by atoms with Crippen molar-refractivity contribution in [2.24, 2.45) is 0 Å². The summed E-state index contributed by atoms with van der Waals surface area (Å²) in [6.07, 6.45) is 0. The van der Waals surface area contributed by atoms with Crippen LogP contribution in [0.25, 0.3) is 0 Å². The monoisotopic (exact) mass is 405 g/mol. The number of carbonyl (C=O) groups excluding carboxylic acids is 1. The lowest BCUT2D eigenvalue weighted by Crippen LogP contribution is -2.13. The second-order valence-electron chi connectivity index (χ2n) is 3.68. The molecule has 2 aromatic carbocycles. The van der Waals surface area contributed by atoms with Crippen LogP contribution in [0.4, 0.5) is 10.1 Å². The topological polar surface area (TPSA) is 29.1 Å². The predicted octanol–water partition coefficient (Wildman–Crippen LogP) is 5.26. The van der Waals surface area contributed by atoms with Crippen molar-refractivity contribution in [2.75, 3.05) is 5.32 Å². The van der Waals surface area contributed by atoms with Crippen molar-refractivity contribution in [3.8, 4) is 0 Å². The van der Waals surface area contributed by atoms with Crippen LogP contribution in [0, 0.1) is 5.82 Å². The molecule has 0 heterocycles. The standard InChI is InChI=1S/C13H7Br2ClFNO/c14-9-6-7(4-5-10(9)16)18-13(19)8-2-1-3-11(17)12(8)15/h1-6H,(H,18,19). The maximum Gasteiger partial charge on any atom is 0.256 e. The zero-order valence-corrected chi connectivity index (χ0v) is 13.3. The second-order valence-corrected chi connectivity index (χ2v) is 5.74. The van der Waals surface area contributed by atoms with Crippen LogP contribution in [0.1, 0.15) is 10.4 Å². The smallest absolute Gasteiger partial charge is 0.256 e. The Kier molecular flexibility index (Phi) is 4.60. The van der Waals surface area contributed by atoms with Crippen LogP contribution < -0.4 is 5.32 Å². The lowest BCUT2D eigenvalue weighted by atomic mass is 10.2. The van der Waals surface area contributed by atoms with Gasteiger partial charge in [-0.2, -0.15) is 0 Å². The van der Waals surface area contributed by atoms with E-state index < -0.39 is 11.7 Å². The predicted molar refractivity (Wildman–Crippen MR) is 81.2 cm³/mol. The summed E-state index contributed by atoms with van der Waals surface area (Å²) in [5.74, 6) is -0.884. The zero-order chi connectivity index (χ0) is 14.0. The fraction of sp³-hybridized carbons (Fsp3) is 0. The van der Waals surface area contributed by atoms with Gasteiger partial charge in [0.25, 0.3) is 5.91 Å². The van der Waals surface area contributed by atoms with Crippen molar-refractivity contribution in [2.45, 2.75) is 0 Å². The first-order valence-electron chi connectivity index (χ1n) is 5.19. The van der Waals surface area contributed by atoms with Gasteiger partial charge >= 0.3 is 0 Å². The number of amides is 1. The third-order valence-electron chi connectivity index (χ3n) is 2.37. The Balaban J connectivity index is 2.26. The van der Waals surface area contributed by atoms with Gasteiger partial charge in [0.2, 0.25) is 0 Å². The molecule has 0 bridgehead atoms. The molecule has 0 atom stereocenters. The van der Waals surface area contributed by atoms with Gasteiger partial charge in [-0.05, 0) is 62.2 Å². The van der Waals surface area contributed by atoms with Crippen LogP contribution in [0.15, 0.2) is 45.3 Å². The molecule has 0 fully saturated rings. The molecule has 0 spiro atoms. The molecule has 1 amide bonds. The largest absolute Gasteiger partial charge is 0.322 e. The molecule has 0 aliphatic rings. The van der Waals surface area contributed by atoms with Gasteiger partial charge in [-0.15, -0.1) is 0 Å². The van der Waals surface area contributed by atoms with Crippen LogP contribution >= 0.6 is 43.5 Å². The molecule has 2 nitrogen and oxygen atoms in total. The van der Waals surface area contributed by atoms with E-state index >= 15 is 0 Å². The second kappa shape index (κ2) is 6.03. The van der Waals surface area contributed by atoms with Gasteiger partial charge in [0, 0.05) is 10.2 Å². The fourth-order valence-electron chi connectivity index (χ4n) is 1.45. The van der Waals surface area contributed by atoms with Crippen molar-refractivity contribution in [3.05, 3.63) is 61.7 Å². The summed E-state index contributed by atoms with van der Waals surface area (Å²) >= 11 is 12.2. The number of nitrogens with one attached hydrogen (secondary N) is 1. The maximum absolute atomic E-state index is 13.3. The van der Waals surface area contributed by atoms with E-state index in [4.69, 9.17) is 11.6 Å². The number of halogens is 4. The van der Waals surface area contributed by atoms with Crippen LogP contribution in [0.3, 0.4) is 0 Å². The Morgan fingerprint density at radius 3 is 2.63 bits per heavy atom. The Bertz CT molecular complexity index is 649. The number of benzene rings is 2. The average molecular weight is 407 g/mol. The minimum Gasteiger partial charge on any atom is -0.322 e. The Morgan fingerprint density at radius 1 is 1.21 bits per heavy atom. The summed E-state index contributed by atoms with van der Waals surface area (Å²) < 4.78 is 14.2. The molecule has 19 heavy (non-hydrogen) atoms. The highest BCUT2D eigenvalue weighted by atomic mass is 79.9. The molecule has 0 unspecified atom stereocenters. The molecule has 6 heteroatoms. The van der Waals surface area contributed by atoms with E-state index in [9.17, 15) is 9.18 Å². The molecule has 0 saturated heterocycles. The first-order valence-corrected chi connectivity index (χ1v) is 7.16. The molecule has 98 valence electrons. The van der Waals surface area contributed by atoms with Crippen molar-refractivity contribution >= 4 is 55.1 Å². The summed E-state index contributed by atoms with van der Waals surface area (Å²) in [6.45, 7) is 0. The Hall–Kier alpha value is -0.910. The van der Waals surface area contributed by atoms with Crippen LogP contribution in [-0.2, 0) is 0 Å². The lowest BCUT2D eigenvalue weighted by molar-refractivity contribution is 0.102. The fourth-order valence-corrected chi connectivity index (χ4v) is 2.39. The molecule has 0 radical (unpaired) electrons. The van der Waals surface area contributed by atoms with Gasteiger partial charge in [0.1, 0.15) is 5.82 Å². The highest BCUT2D eigenvalue weighted by molar-refractivity contribution is 9.10. The van der Waals surface area contributed by atoms with Crippen molar-refractivity contribution < 1.29 is 9.18 Å². The van der Waals surface area contributed by atoms with Crippen molar-refractivity contribution in [1.82, 2.24) is 0 Å². The van der Waals surface area contributed by atoms with Gasteiger partial charge in [-0.1, -0.05) is 17.7 Å². The SMILES string of the molecule is O=C(Nc1ccc(Cl)c(Br)c1)c1cccc(F)c1Br. The van der Waals surface area contributed by atoms with Gasteiger partial charge in [-0.25, -0.2) is 4.39 Å². The van der Waals surface area contributed by atoms with Crippen molar-refractivity contribution in [3.63, 3.8) is 0 Å². The first-order chi connectivity index (χ1) is 8.99. The molecule has 2 aromatic rings. The summed E-state index contributed by atoms with van der Waals surface area (Å²) in [6, 6.07) is 9.29. The molecular formula is C13H7Br2ClFNO. The molecule has 0 saturated carbocycles. The Morgan fingerprint density at radius 2 is 1.95 bits per heavy atom. The molecule has 0 aromatic heterocycles. The summed E-state index contributed by atoms with van der Waals surface area (Å²) in [4.78, 5) is 12.0. The first kappa shape index (κ1) is 14.5. The van der Waals surface area contributed by atoms with Crippen molar-refractivity contribution in [1.29, 1.82) is 0 Å². The number of carbonyl (C=O) groups is 1. The van der Waals surface area contributed by atoms with Gasteiger partial charge in [0.05, 0.1) is 15.1 Å².